The minimum absolute atomic E-state index is 0.963. The quantitative estimate of drug-likeness (QED) is 0.359. The Morgan fingerprint density at radius 1 is 1.45 bits per heavy atom. The van der Waals surface area contributed by atoms with Gasteiger partial charge in [0.25, 0.3) is 0 Å². The molecule has 0 aromatic carbocycles. The minimum atomic E-state index is 0.963. The molecule has 0 heterocycles. The van der Waals surface area contributed by atoms with Crippen LogP contribution in [0.4, 0.5) is 0 Å². The van der Waals surface area contributed by atoms with Crippen LogP contribution in [0.1, 0.15) is 6.42 Å². The first-order valence-electron chi connectivity index (χ1n) is 3.82. The van der Waals surface area contributed by atoms with E-state index in [1.165, 1.54) is 6.20 Å². The van der Waals surface area contributed by atoms with Crippen LogP contribution in [0.25, 0.3) is 0 Å². The van der Waals surface area contributed by atoms with Crippen LogP contribution < -0.4 is 16.5 Å². The molecule has 0 bridgehead atoms. The summed E-state index contributed by atoms with van der Waals surface area (Å²) >= 11 is 0. The van der Waals surface area contributed by atoms with Gasteiger partial charge in [0.2, 0.25) is 0 Å². The highest BCUT2D eigenvalue weighted by Crippen LogP contribution is 1.85. The number of hydrogen-bond donors (Lipinski definition) is 3. The van der Waals surface area contributed by atoms with E-state index < -0.39 is 0 Å². The third kappa shape index (κ3) is 5.69. The van der Waals surface area contributed by atoms with E-state index in [0.717, 1.165) is 19.5 Å². The maximum absolute atomic E-state index is 5.23. The summed E-state index contributed by atoms with van der Waals surface area (Å²) in [4.78, 5) is 0. The van der Waals surface area contributed by atoms with Gasteiger partial charge in [-0.05, 0) is 20.0 Å². The largest absolute Gasteiger partial charge is 0.403 e. The lowest BCUT2D eigenvalue weighted by atomic mass is 10.4. The van der Waals surface area contributed by atoms with Crippen LogP contribution in [0.3, 0.4) is 0 Å². The Labute approximate surface area is 68.4 Å². The second kappa shape index (κ2) is 7.37. The molecule has 0 aromatic rings. The predicted molar refractivity (Wildman–Crippen MR) is 47.6 cm³/mol. The summed E-state index contributed by atoms with van der Waals surface area (Å²) in [5, 5.41) is 5.02. The maximum atomic E-state index is 5.23. The van der Waals surface area contributed by atoms with E-state index in [1.54, 1.807) is 0 Å². The van der Waals surface area contributed by atoms with Crippen molar-refractivity contribution in [3.05, 3.63) is 12.4 Å². The van der Waals surface area contributed by atoms with Gasteiger partial charge in [-0.2, -0.15) is 0 Å². The van der Waals surface area contributed by atoms with Crippen molar-refractivity contribution in [2.75, 3.05) is 27.2 Å². The van der Waals surface area contributed by atoms with Crippen molar-refractivity contribution < 1.29 is 0 Å². The van der Waals surface area contributed by atoms with Gasteiger partial charge in [-0.25, -0.2) is 5.43 Å². The van der Waals surface area contributed by atoms with E-state index in [-0.39, 0.29) is 0 Å². The van der Waals surface area contributed by atoms with Gasteiger partial charge < -0.3 is 16.1 Å². The topological polar surface area (TPSA) is 53.3 Å². The first-order valence-corrected chi connectivity index (χ1v) is 3.82. The second-order valence-corrected chi connectivity index (χ2v) is 2.22. The number of hydrogen-bond acceptors (Lipinski definition) is 4. The normalized spacial score (nSPS) is 10.7. The maximum Gasteiger partial charge on any atom is 0.0350 e. The fourth-order valence-corrected chi connectivity index (χ4v) is 0.791. The van der Waals surface area contributed by atoms with E-state index >= 15 is 0 Å². The molecule has 4 nitrogen and oxygen atoms in total. The van der Waals surface area contributed by atoms with E-state index in [0.29, 0.717) is 0 Å². The summed E-state index contributed by atoms with van der Waals surface area (Å²) < 4.78 is 0. The van der Waals surface area contributed by atoms with Crippen LogP contribution in [0, 0.1) is 0 Å². The van der Waals surface area contributed by atoms with Crippen molar-refractivity contribution in [1.82, 2.24) is 15.8 Å². The van der Waals surface area contributed by atoms with Crippen LogP contribution in [0.15, 0.2) is 12.4 Å². The third-order valence-corrected chi connectivity index (χ3v) is 1.38. The summed E-state index contributed by atoms with van der Waals surface area (Å²) in [6.45, 7) is 1.99. The van der Waals surface area contributed by atoms with Gasteiger partial charge in [0, 0.05) is 26.0 Å². The lowest BCUT2D eigenvalue weighted by molar-refractivity contribution is 0.293. The second-order valence-electron chi connectivity index (χ2n) is 2.22. The molecule has 0 aliphatic carbocycles. The SMILES string of the molecule is CNCCCN(/C=C\N)NC. The Morgan fingerprint density at radius 2 is 2.18 bits per heavy atom. The highest BCUT2D eigenvalue weighted by molar-refractivity contribution is 4.74. The third-order valence-electron chi connectivity index (χ3n) is 1.38. The van der Waals surface area contributed by atoms with E-state index in [2.05, 4.69) is 10.7 Å². The number of hydrazine groups is 1. The molecule has 0 spiro atoms. The van der Waals surface area contributed by atoms with E-state index in [9.17, 15) is 0 Å². The minimum Gasteiger partial charge on any atom is -0.403 e. The Bertz CT molecular complexity index is 103. The molecule has 0 amide bonds. The molecule has 11 heavy (non-hydrogen) atoms. The molecule has 66 valence electrons. The van der Waals surface area contributed by atoms with Crippen molar-refractivity contribution in [2.24, 2.45) is 5.73 Å². The fourth-order valence-electron chi connectivity index (χ4n) is 0.791. The zero-order valence-corrected chi connectivity index (χ0v) is 7.30. The Hall–Kier alpha value is -0.740. The molecule has 0 radical (unpaired) electrons. The zero-order valence-electron chi connectivity index (χ0n) is 7.30. The fraction of sp³-hybridized carbons (Fsp3) is 0.714. The van der Waals surface area contributed by atoms with Gasteiger partial charge in [-0.15, -0.1) is 0 Å². The number of nitrogens with two attached hydrogens (primary N) is 1. The summed E-state index contributed by atoms with van der Waals surface area (Å²) in [6.07, 6.45) is 4.44. The molecule has 0 aliphatic rings. The first kappa shape index (κ1) is 10.3. The highest BCUT2D eigenvalue weighted by Gasteiger charge is 1.92. The Balaban J connectivity index is 3.36. The van der Waals surface area contributed by atoms with Crippen LogP contribution in [-0.4, -0.2) is 32.2 Å². The lowest BCUT2D eigenvalue weighted by Crippen LogP contribution is -2.32. The average Bonchev–Trinajstić information content (AvgIpc) is 2.03. The van der Waals surface area contributed by atoms with E-state index in [4.69, 9.17) is 5.73 Å². The molecule has 0 atom stereocenters. The molecule has 0 unspecified atom stereocenters. The number of nitrogens with zero attached hydrogens (tertiary/aromatic N) is 1. The van der Waals surface area contributed by atoms with Crippen molar-refractivity contribution in [3.8, 4) is 0 Å². The molecule has 0 aromatic heterocycles. The van der Waals surface area contributed by atoms with Gasteiger partial charge in [-0.3, -0.25) is 0 Å². The van der Waals surface area contributed by atoms with Crippen LogP contribution in [-0.2, 0) is 0 Å². The molecule has 4 heteroatoms. The summed E-state index contributed by atoms with van der Waals surface area (Å²) in [6, 6.07) is 0. The smallest absolute Gasteiger partial charge is 0.0350 e. The Morgan fingerprint density at radius 3 is 2.64 bits per heavy atom. The van der Waals surface area contributed by atoms with Gasteiger partial charge >= 0.3 is 0 Å². The summed E-state index contributed by atoms with van der Waals surface area (Å²) in [7, 11) is 3.82. The lowest BCUT2D eigenvalue weighted by Gasteiger charge is -2.17. The highest BCUT2D eigenvalue weighted by atomic mass is 15.5. The molecule has 0 rings (SSSR count). The average molecular weight is 158 g/mol. The molecule has 0 saturated carbocycles. The summed E-state index contributed by atoms with van der Waals surface area (Å²) in [5.41, 5.74) is 8.23. The first-order chi connectivity index (χ1) is 5.35. The van der Waals surface area contributed by atoms with Crippen molar-refractivity contribution >= 4 is 0 Å². The standard InChI is InChI=1S/C7H18N4/c1-9-5-3-6-11(10-2)7-4-8/h4,7,9-10H,3,5-6,8H2,1-2H3/b7-4-. The van der Waals surface area contributed by atoms with Gasteiger partial charge in [0.15, 0.2) is 0 Å². The molecule has 0 fully saturated rings. The van der Waals surface area contributed by atoms with Gasteiger partial charge in [-0.1, -0.05) is 0 Å². The van der Waals surface area contributed by atoms with Crippen molar-refractivity contribution in [2.45, 2.75) is 6.42 Å². The number of nitrogens with one attached hydrogen (secondary N) is 2. The molecular formula is C7H18N4. The van der Waals surface area contributed by atoms with Crippen LogP contribution in [0.5, 0.6) is 0 Å². The molecule has 0 aliphatic heterocycles. The van der Waals surface area contributed by atoms with Crippen molar-refractivity contribution in [3.63, 3.8) is 0 Å². The molecular weight excluding hydrogens is 140 g/mol. The van der Waals surface area contributed by atoms with Gasteiger partial charge in [0.05, 0.1) is 0 Å². The van der Waals surface area contributed by atoms with Crippen LogP contribution >= 0.6 is 0 Å². The van der Waals surface area contributed by atoms with E-state index in [1.807, 2.05) is 25.3 Å². The summed E-state index contributed by atoms with van der Waals surface area (Å²) in [5.74, 6) is 0. The van der Waals surface area contributed by atoms with Gasteiger partial charge in [0.1, 0.15) is 0 Å². The Kier molecular flexibility index (Phi) is 6.87. The van der Waals surface area contributed by atoms with Crippen LogP contribution in [0.2, 0.25) is 0 Å². The predicted octanol–water partition coefficient (Wildman–Crippen LogP) is -0.538. The molecule has 0 saturated heterocycles. The van der Waals surface area contributed by atoms with Crippen molar-refractivity contribution in [1.29, 1.82) is 0 Å². The number of rotatable bonds is 6. The zero-order chi connectivity index (χ0) is 8.53. The molecule has 4 N–H and O–H groups in total. The monoisotopic (exact) mass is 158 g/mol.